The molecule has 0 saturated carbocycles. The van der Waals surface area contributed by atoms with E-state index in [4.69, 9.17) is 14.7 Å². The zero-order valence-electron chi connectivity index (χ0n) is 17.1. The zero-order chi connectivity index (χ0) is 22.1. The van der Waals surface area contributed by atoms with Crippen LogP contribution in [0.5, 0.6) is 17.2 Å². The van der Waals surface area contributed by atoms with Crippen LogP contribution in [0, 0.1) is 11.3 Å². The summed E-state index contributed by atoms with van der Waals surface area (Å²) in [5, 5.41) is 19.4. The first-order valence-corrected chi connectivity index (χ1v) is 10.3. The molecule has 0 saturated heterocycles. The molecule has 0 amide bonds. The Morgan fingerprint density at radius 2 is 2.03 bits per heavy atom. The van der Waals surface area contributed by atoms with Crippen LogP contribution >= 0.6 is 11.3 Å². The molecule has 0 spiro atoms. The van der Waals surface area contributed by atoms with Gasteiger partial charge in [-0.15, -0.1) is 0 Å². The molecule has 156 valence electrons. The Balaban J connectivity index is 1.79. The van der Waals surface area contributed by atoms with Crippen LogP contribution in [0.4, 0.5) is 0 Å². The average Bonchev–Trinajstić information content (AvgIpc) is 3.29. The van der Waals surface area contributed by atoms with Gasteiger partial charge in [0.25, 0.3) is 5.56 Å². The highest BCUT2D eigenvalue weighted by Crippen LogP contribution is 2.38. The molecule has 0 aliphatic rings. The van der Waals surface area contributed by atoms with E-state index in [0.29, 0.717) is 26.3 Å². The second-order valence-corrected chi connectivity index (χ2v) is 8.13. The highest BCUT2D eigenvalue weighted by molar-refractivity contribution is 7.15. The fourth-order valence-corrected chi connectivity index (χ4v) is 4.11. The number of nitriles is 1. The summed E-state index contributed by atoms with van der Waals surface area (Å²) in [5.74, 6) is 0.466. The minimum Gasteiger partial charge on any atom is -0.502 e. The van der Waals surface area contributed by atoms with Crippen molar-refractivity contribution in [3.8, 4) is 34.6 Å². The van der Waals surface area contributed by atoms with E-state index in [2.05, 4.69) is 11.1 Å². The molecule has 0 unspecified atom stereocenters. The Morgan fingerprint density at radius 3 is 2.71 bits per heavy atom. The third-order valence-corrected chi connectivity index (χ3v) is 5.52. The lowest BCUT2D eigenvalue weighted by atomic mass is 10.1. The Hall–Kier alpha value is -3.83. The van der Waals surface area contributed by atoms with E-state index in [1.807, 2.05) is 19.9 Å². The number of ether oxygens (including phenoxy) is 2. The summed E-state index contributed by atoms with van der Waals surface area (Å²) < 4.78 is 12.9. The SMILES string of the molecule is COc1cc(C=c2sc3nc(-c4cccc(C#N)c4)cn3c2=O)cc(OC(C)C)c1O. The summed E-state index contributed by atoms with van der Waals surface area (Å²) >= 11 is 1.26. The van der Waals surface area contributed by atoms with E-state index >= 15 is 0 Å². The van der Waals surface area contributed by atoms with Crippen LogP contribution in [0.1, 0.15) is 25.0 Å². The third kappa shape index (κ3) is 3.96. The highest BCUT2D eigenvalue weighted by Gasteiger charge is 2.14. The summed E-state index contributed by atoms with van der Waals surface area (Å²) in [4.78, 5) is 18.0. The van der Waals surface area contributed by atoms with Crippen LogP contribution in [-0.2, 0) is 0 Å². The summed E-state index contributed by atoms with van der Waals surface area (Å²) in [5.41, 5.74) is 2.40. The molecule has 8 heteroatoms. The van der Waals surface area contributed by atoms with Gasteiger partial charge in [0.15, 0.2) is 16.5 Å². The summed E-state index contributed by atoms with van der Waals surface area (Å²) in [6.45, 7) is 3.71. The van der Waals surface area contributed by atoms with Crippen LogP contribution in [0.15, 0.2) is 47.4 Å². The Morgan fingerprint density at radius 1 is 1.26 bits per heavy atom. The molecule has 4 aromatic rings. The highest BCUT2D eigenvalue weighted by atomic mass is 32.1. The van der Waals surface area contributed by atoms with Gasteiger partial charge in [-0.3, -0.25) is 9.20 Å². The van der Waals surface area contributed by atoms with Gasteiger partial charge in [0.05, 0.1) is 35.1 Å². The number of fused-ring (bicyclic) bond motifs is 1. The van der Waals surface area contributed by atoms with Gasteiger partial charge < -0.3 is 14.6 Å². The minimum atomic E-state index is -0.200. The van der Waals surface area contributed by atoms with Crippen molar-refractivity contribution in [3.63, 3.8) is 0 Å². The van der Waals surface area contributed by atoms with Crippen molar-refractivity contribution in [1.29, 1.82) is 5.26 Å². The van der Waals surface area contributed by atoms with Crippen molar-refractivity contribution < 1.29 is 14.6 Å². The number of thiazole rings is 1. The van der Waals surface area contributed by atoms with Crippen molar-refractivity contribution in [2.75, 3.05) is 7.11 Å². The molecule has 31 heavy (non-hydrogen) atoms. The number of nitrogens with zero attached hydrogens (tertiary/aromatic N) is 3. The fraction of sp³-hybridized carbons (Fsp3) is 0.174. The lowest BCUT2D eigenvalue weighted by Crippen LogP contribution is -2.22. The molecule has 0 aliphatic carbocycles. The van der Waals surface area contributed by atoms with Crippen molar-refractivity contribution in [3.05, 3.63) is 68.6 Å². The van der Waals surface area contributed by atoms with Crippen molar-refractivity contribution in [1.82, 2.24) is 9.38 Å². The quantitative estimate of drug-likeness (QED) is 0.519. The van der Waals surface area contributed by atoms with E-state index in [-0.39, 0.29) is 28.9 Å². The van der Waals surface area contributed by atoms with Crippen LogP contribution in [0.3, 0.4) is 0 Å². The fourth-order valence-electron chi connectivity index (χ4n) is 3.16. The molecule has 2 aromatic heterocycles. The molecule has 7 nitrogen and oxygen atoms in total. The topological polar surface area (TPSA) is 96.8 Å². The molecule has 0 aliphatic heterocycles. The predicted molar refractivity (Wildman–Crippen MR) is 119 cm³/mol. The molecule has 1 N–H and O–H groups in total. The molecular formula is C23H19N3O4S. The molecular weight excluding hydrogens is 414 g/mol. The van der Waals surface area contributed by atoms with E-state index in [0.717, 1.165) is 5.56 Å². The lowest BCUT2D eigenvalue weighted by molar-refractivity contribution is 0.228. The molecule has 2 aromatic carbocycles. The van der Waals surface area contributed by atoms with Crippen molar-refractivity contribution in [2.24, 2.45) is 0 Å². The van der Waals surface area contributed by atoms with Gasteiger partial charge in [0.1, 0.15) is 0 Å². The molecule has 0 radical (unpaired) electrons. The van der Waals surface area contributed by atoms with E-state index in [9.17, 15) is 9.90 Å². The van der Waals surface area contributed by atoms with Crippen LogP contribution in [-0.4, -0.2) is 27.7 Å². The number of phenols is 1. The number of methoxy groups -OCH3 is 1. The molecule has 0 atom stereocenters. The standard InChI is InChI=1S/C23H19N3O4S/c1-13(2)30-19-9-15(8-18(29-3)21(19)27)10-20-22(28)26-12-17(25-23(26)31-20)16-6-4-5-14(7-16)11-24/h4-10,12-13,27H,1-3H3. The van der Waals surface area contributed by atoms with Crippen LogP contribution < -0.4 is 19.6 Å². The second-order valence-electron chi connectivity index (χ2n) is 7.12. The lowest BCUT2D eigenvalue weighted by Gasteiger charge is -2.14. The first-order chi connectivity index (χ1) is 14.9. The maximum atomic E-state index is 12.9. The van der Waals surface area contributed by atoms with Gasteiger partial charge in [-0.1, -0.05) is 23.5 Å². The zero-order valence-corrected chi connectivity index (χ0v) is 17.9. The number of hydrogen-bond acceptors (Lipinski definition) is 7. The number of imidazole rings is 1. The molecule has 4 rings (SSSR count). The second kappa shape index (κ2) is 8.13. The molecule has 0 fully saturated rings. The Bertz CT molecular complexity index is 1430. The first-order valence-electron chi connectivity index (χ1n) is 9.51. The number of rotatable bonds is 5. The van der Waals surface area contributed by atoms with Gasteiger partial charge in [-0.25, -0.2) is 4.98 Å². The molecule has 0 bridgehead atoms. The number of aromatic nitrogens is 2. The number of hydrogen-bond donors (Lipinski definition) is 1. The smallest absolute Gasteiger partial charge is 0.274 e. The van der Waals surface area contributed by atoms with Gasteiger partial charge in [0, 0.05) is 11.8 Å². The van der Waals surface area contributed by atoms with Gasteiger partial charge in [0.2, 0.25) is 5.75 Å². The van der Waals surface area contributed by atoms with Crippen molar-refractivity contribution in [2.45, 2.75) is 20.0 Å². The maximum absolute atomic E-state index is 12.9. The number of aromatic hydroxyl groups is 1. The van der Waals surface area contributed by atoms with Gasteiger partial charge in [-0.05, 0) is 49.8 Å². The predicted octanol–water partition coefficient (Wildman–Crippen LogP) is 3.34. The normalized spacial score (nSPS) is 11.8. The largest absolute Gasteiger partial charge is 0.502 e. The summed E-state index contributed by atoms with van der Waals surface area (Å²) in [6, 6.07) is 12.5. The van der Waals surface area contributed by atoms with Gasteiger partial charge in [-0.2, -0.15) is 5.26 Å². The number of phenolic OH excluding ortho intramolecular Hbond substituents is 1. The monoisotopic (exact) mass is 433 g/mol. The van der Waals surface area contributed by atoms with E-state index in [1.165, 1.54) is 22.8 Å². The average molecular weight is 433 g/mol. The van der Waals surface area contributed by atoms with Crippen LogP contribution in [0.25, 0.3) is 22.3 Å². The Kier molecular flexibility index (Phi) is 5.36. The Labute approximate surface area is 182 Å². The van der Waals surface area contributed by atoms with Crippen molar-refractivity contribution >= 4 is 22.4 Å². The van der Waals surface area contributed by atoms with E-state index in [1.54, 1.807) is 42.6 Å². The minimum absolute atomic E-state index is 0.0825. The summed E-state index contributed by atoms with van der Waals surface area (Å²) in [7, 11) is 1.46. The third-order valence-electron chi connectivity index (χ3n) is 4.53. The van der Waals surface area contributed by atoms with Crippen LogP contribution in [0.2, 0.25) is 0 Å². The maximum Gasteiger partial charge on any atom is 0.274 e. The summed E-state index contributed by atoms with van der Waals surface area (Å²) in [6.07, 6.45) is 3.25. The van der Waals surface area contributed by atoms with Gasteiger partial charge >= 0.3 is 0 Å². The number of benzene rings is 2. The first kappa shape index (κ1) is 20.4. The van der Waals surface area contributed by atoms with E-state index < -0.39 is 0 Å². The molecule has 2 heterocycles.